The summed E-state index contributed by atoms with van der Waals surface area (Å²) in [7, 11) is 1.83. The number of carboxylic acid groups (broad SMARTS) is 1. The normalized spacial score (nSPS) is 26.7. The van der Waals surface area contributed by atoms with E-state index in [-0.39, 0.29) is 5.41 Å². The van der Waals surface area contributed by atoms with Gasteiger partial charge in [-0.3, -0.25) is 0 Å². The third kappa shape index (κ3) is 5.13. The number of carbonyl (C=O) groups is 2. The van der Waals surface area contributed by atoms with Crippen LogP contribution >= 0.6 is 0 Å². The van der Waals surface area contributed by atoms with Gasteiger partial charge in [-0.25, -0.2) is 9.59 Å². The van der Waals surface area contributed by atoms with Crippen LogP contribution in [-0.4, -0.2) is 37.3 Å². The maximum atomic E-state index is 11.9. The Morgan fingerprint density at radius 1 is 0.971 bits per heavy atom. The molecule has 4 aliphatic carbocycles. The van der Waals surface area contributed by atoms with Crippen LogP contribution in [0.3, 0.4) is 0 Å². The molecule has 0 aliphatic heterocycles. The van der Waals surface area contributed by atoms with Gasteiger partial charge in [0, 0.05) is 19.2 Å². The second kappa shape index (κ2) is 9.86. The van der Waals surface area contributed by atoms with Crippen molar-refractivity contribution in [1.82, 2.24) is 10.6 Å². The van der Waals surface area contributed by atoms with E-state index < -0.39 is 12.1 Å². The number of carbonyl (C=O) groups excluding carboxylic acids is 1. The Balaban J connectivity index is 1.42. The van der Waals surface area contributed by atoms with E-state index in [1.54, 1.807) is 6.08 Å². The molecule has 3 N–H and O–H groups in total. The molecule has 4 bridgehead atoms. The molecule has 4 saturated carbocycles. The predicted molar refractivity (Wildman–Crippen MR) is 136 cm³/mol. The number of ether oxygens (including phenoxy) is 1. The van der Waals surface area contributed by atoms with Crippen LogP contribution in [0.5, 0.6) is 5.75 Å². The van der Waals surface area contributed by atoms with E-state index in [1.807, 2.05) is 31.3 Å². The van der Waals surface area contributed by atoms with Crippen LogP contribution in [0.25, 0.3) is 17.2 Å². The summed E-state index contributed by atoms with van der Waals surface area (Å²) in [6.45, 7) is 1.18. The second-order valence-corrected chi connectivity index (χ2v) is 10.6. The monoisotopic (exact) mass is 474 g/mol. The molecule has 0 radical (unpaired) electrons. The fourth-order valence-electron chi connectivity index (χ4n) is 7.09. The number of nitrogens with one attached hydrogen (secondary N) is 2. The number of hydrogen-bond donors (Lipinski definition) is 3. The Hall–Kier alpha value is -3.12. The molecule has 4 fully saturated rings. The summed E-state index contributed by atoms with van der Waals surface area (Å²) in [5, 5.41) is 14.9. The van der Waals surface area contributed by atoms with Gasteiger partial charge in [-0.05, 0) is 115 Å². The molecule has 0 spiro atoms. The lowest BCUT2D eigenvalue weighted by Gasteiger charge is -2.57. The minimum atomic E-state index is -0.920. The third-order valence-corrected chi connectivity index (χ3v) is 8.11. The van der Waals surface area contributed by atoms with Gasteiger partial charge in [0.2, 0.25) is 0 Å². The minimum Gasteiger partial charge on any atom is -0.478 e. The highest BCUT2D eigenvalue weighted by molar-refractivity contribution is 5.86. The van der Waals surface area contributed by atoms with E-state index in [0.717, 1.165) is 34.4 Å². The van der Waals surface area contributed by atoms with Crippen LogP contribution in [0, 0.1) is 17.8 Å². The lowest BCUT2D eigenvalue weighted by atomic mass is 9.47. The van der Waals surface area contributed by atoms with Crippen molar-refractivity contribution < 1.29 is 19.4 Å². The zero-order chi connectivity index (χ0) is 24.4. The fraction of sp³-hybridized carbons (Fsp3) is 0.448. The van der Waals surface area contributed by atoms with Crippen LogP contribution in [0.15, 0.2) is 48.5 Å². The molecular weight excluding hydrogens is 440 g/mol. The predicted octanol–water partition coefficient (Wildman–Crippen LogP) is 5.23. The van der Waals surface area contributed by atoms with Gasteiger partial charge in [-0.1, -0.05) is 24.3 Å². The molecule has 4 aliphatic rings. The molecule has 0 saturated heterocycles. The van der Waals surface area contributed by atoms with Gasteiger partial charge in [0.15, 0.2) is 0 Å². The number of carboxylic acids is 1. The van der Waals surface area contributed by atoms with Gasteiger partial charge in [0.25, 0.3) is 0 Å². The molecule has 2 aromatic carbocycles. The Kier molecular flexibility index (Phi) is 6.65. The standard InChI is InChI=1S/C29H34N2O4/c1-30-10-11-31-28(34)35-25-7-4-22(5-8-25)24-3-2-23(6-9-27(32)33)26(15-24)29-16-19-12-20(17-29)14-21(13-19)18-29/h2-9,15,19-21,30H,10-14,16-18H2,1H3,(H,31,34)(H,32,33)/b9-6+. The van der Waals surface area contributed by atoms with Crippen molar-refractivity contribution in [2.75, 3.05) is 20.1 Å². The van der Waals surface area contributed by atoms with Crippen molar-refractivity contribution >= 4 is 18.1 Å². The number of hydrogen-bond acceptors (Lipinski definition) is 4. The molecule has 184 valence electrons. The summed E-state index contributed by atoms with van der Waals surface area (Å²) in [5.74, 6) is 1.99. The fourth-order valence-corrected chi connectivity index (χ4v) is 7.09. The zero-order valence-electron chi connectivity index (χ0n) is 20.3. The maximum absolute atomic E-state index is 11.9. The van der Waals surface area contributed by atoms with E-state index in [9.17, 15) is 14.7 Å². The van der Waals surface area contributed by atoms with Crippen LogP contribution in [0.4, 0.5) is 4.79 Å². The summed E-state index contributed by atoms with van der Waals surface area (Å²) >= 11 is 0. The average molecular weight is 475 g/mol. The molecule has 0 aromatic heterocycles. The van der Waals surface area contributed by atoms with E-state index in [4.69, 9.17) is 4.74 Å². The van der Waals surface area contributed by atoms with E-state index >= 15 is 0 Å². The van der Waals surface area contributed by atoms with Crippen LogP contribution in [-0.2, 0) is 10.2 Å². The minimum absolute atomic E-state index is 0.150. The Labute approximate surface area is 206 Å². The van der Waals surface area contributed by atoms with Gasteiger partial charge < -0.3 is 20.5 Å². The number of rotatable bonds is 8. The average Bonchev–Trinajstić information content (AvgIpc) is 2.82. The number of likely N-dealkylation sites (N-methyl/N-ethyl adjacent to an activating group) is 1. The Bertz CT molecular complexity index is 1090. The van der Waals surface area contributed by atoms with Gasteiger partial charge in [0.1, 0.15) is 5.75 Å². The van der Waals surface area contributed by atoms with E-state index in [2.05, 4.69) is 28.8 Å². The Morgan fingerprint density at radius 2 is 1.60 bits per heavy atom. The highest BCUT2D eigenvalue weighted by Gasteiger charge is 2.52. The smallest absolute Gasteiger partial charge is 0.412 e. The van der Waals surface area contributed by atoms with Crippen molar-refractivity contribution in [2.24, 2.45) is 17.8 Å². The lowest BCUT2D eigenvalue weighted by molar-refractivity contribution is -0.131. The number of benzene rings is 2. The quantitative estimate of drug-likeness (QED) is 0.360. The maximum Gasteiger partial charge on any atom is 0.412 e. The zero-order valence-corrected chi connectivity index (χ0v) is 20.3. The summed E-state index contributed by atoms with van der Waals surface area (Å²) < 4.78 is 5.37. The topological polar surface area (TPSA) is 87.7 Å². The SMILES string of the molecule is CNCCNC(=O)Oc1ccc(-c2ccc(/C=C/C(=O)O)c(C34CC5CC(CC(C5)C3)C4)c2)cc1. The summed E-state index contributed by atoms with van der Waals surface area (Å²) in [6.07, 6.45) is 10.3. The molecule has 6 nitrogen and oxygen atoms in total. The summed E-state index contributed by atoms with van der Waals surface area (Å²) in [4.78, 5) is 23.2. The first-order valence-electron chi connectivity index (χ1n) is 12.7. The summed E-state index contributed by atoms with van der Waals surface area (Å²) in [6, 6.07) is 14.0. The van der Waals surface area contributed by atoms with Gasteiger partial charge >= 0.3 is 12.1 Å². The molecule has 2 aromatic rings. The first-order chi connectivity index (χ1) is 16.9. The molecule has 1 amide bonds. The molecule has 0 unspecified atom stereocenters. The highest BCUT2D eigenvalue weighted by Crippen LogP contribution is 2.61. The lowest BCUT2D eigenvalue weighted by Crippen LogP contribution is -2.48. The van der Waals surface area contributed by atoms with E-state index in [0.29, 0.717) is 18.8 Å². The largest absolute Gasteiger partial charge is 0.478 e. The molecule has 0 heterocycles. The van der Waals surface area contributed by atoms with E-state index in [1.165, 1.54) is 50.2 Å². The second-order valence-electron chi connectivity index (χ2n) is 10.6. The van der Waals surface area contributed by atoms with Crippen LogP contribution < -0.4 is 15.4 Å². The van der Waals surface area contributed by atoms with Crippen molar-refractivity contribution in [3.63, 3.8) is 0 Å². The number of amides is 1. The molecule has 6 heteroatoms. The Morgan fingerprint density at radius 3 is 2.20 bits per heavy atom. The van der Waals surface area contributed by atoms with Gasteiger partial charge in [-0.2, -0.15) is 0 Å². The van der Waals surface area contributed by atoms with Crippen LogP contribution in [0.2, 0.25) is 0 Å². The van der Waals surface area contributed by atoms with Crippen molar-refractivity contribution in [2.45, 2.75) is 43.9 Å². The summed E-state index contributed by atoms with van der Waals surface area (Å²) in [5.41, 5.74) is 4.63. The number of aliphatic carboxylic acids is 1. The van der Waals surface area contributed by atoms with Crippen molar-refractivity contribution in [3.05, 3.63) is 59.7 Å². The van der Waals surface area contributed by atoms with Crippen molar-refractivity contribution in [3.8, 4) is 16.9 Å². The third-order valence-electron chi connectivity index (χ3n) is 8.11. The van der Waals surface area contributed by atoms with Gasteiger partial charge in [0.05, 0.1) is 0 Å². The molecule has 35 heavy (non-hydrogen) atoms. The first-order valence-corrected chi connectivity index (χ1v) is 12.7. The molecular formula is C29H34N2O4. The molecule has 0 atom stereocenters. The van der Waals surface area contributed by atoms with Gasteiger partial charge in [-0.15, -0.1) is 0 Å². The first kappa shape index (κ1) is 23.6. The highest BCUT2D eigenvalue weighted by atomic mass is 16.6. The van der Waals surface area contributed by atoms with Crippen LogP contribution in [0.1, 0.15) is 49.7 Å². The molecule has 6 rings (SSSR count). The van der Waals surface area contributed by atoms with Crippen molar-refractivity contribution in [1.29, 1.82) is 0 Å².